The van der Waals surface area contributed by atoms with Crippen LogP contribution in [0.2, 0.25) is 0 Å². The minimum absolute atomic E-state index is 0.0497. The summed E-state index contributed by atoms with van der Waals surface area (Å²) < 4.78 is 0. The highest BCUT2D eigenvalue weighted by molar-refractivity contribution is 5.84. The molecule has 1 aliphatic heterocycles. The number of carbonyl (C=O) groups is 1. The standard InChI is InChI=1S/C16H30N2O/c1-6-14-17-13(9-11(2)3)15(19)18(14)12-7-8-16(4,5)10-12/h11-14,17H,6-10H2,1-5H3. The van der Waals surface area contributed by atoms with Crippen LogP contribution in [0.25, 0.3) is 0 Å². The van der Waals surface area contributed by atoms with Crippen LogP contribution in [0.5, 0.6) is 0 Å². The lowest BCUT2D eigenvalue weighted by atomic mass is 9.91. The molecular formula is C16H30N2O. The molecule has 0 aromatic carbocycles. The van der Waals surface area contributed by atoms with Crippen molar-refractivity contribution < 1.29 is 4.79 Å². The predicted octanol–water partition coefficient (Wildman–Crippen LogP) is 3.15. The number of hydrogen-bond acceptors (Lipinski definition) is 2. The average Bonchev–Trinajstić information content (AvgIpc) is 2.79. The van der Waals surface area contributed by atoms with Gasteiger partial charge in [-0.25, -0.2) is 0 Å². The van der Waals surface area contributed by atoms with Gasteiger partial charge in [0.1, 0.15) is 0 Å². The molecule has 3 atom stereocenters. The fraction of sp³-hybridized carbons (Fsp3) is 0.938. The number of amides is 1. The second kappa shape index (κ2) is 5.43. The van der Waals surface area contributed by atoms with E-state index in [1.165, 1.54) is 12.8 Å². The largest absolute Gasteiger partial charge is 0.323 e. The van der Waals surface area contributed by atoms with E-state index < -0.39 is 0 Å². The molecule has 1 amide bonds. The fourth-order valence-electron chi connectivity index (χ4n) is 3.74. The number of nitrogens with zero attached hydrogens (tertiary/aromatic N) is 1. The van der Waals surface area contributed by atoms with Gasteiger partial charge in [0.15, 0.2) is 0 Å². The maximum absolute atomic E-state index is 12.7. The van der Waals surface area contributed by atoms with Crippen LogP contribution in [-0.4, -0.2) is 29.1 Å². The molecule has 0 aromatic heterocycles. The Morgan fingerprint density at radius 2 is 2.11 bits per heavy atom. The van der Waals surface area contributed by atoms with Crippen molar-refractivity contribution in [2.24, 2.45) is 11.3 Å². The Morgan fingerprint density at radius 3 is 2.58 bits per heavy atom. The molecule has 0 aromatic rings. The lowest BCUT2D eigenvalue weighted by molar-refractivity contribution is -0.132. The topological polar surface area (TPSA) is 32.3 Å². The van der Waals surface area contributed by atoms with E-state index in [-0.39, 0.29) is 12.2 Å². The van der Waals surface area contributed by atoms with Crippen LogP contribution in [-0.2, 0) is 4.79 Å². The number of hydrogen-bond donors (Lipinski definition) is 1. The first-order valence-corrected chi connectivity index (χ1v) is 7.92. The van der Waals surface area contributed by atoms with E-state index in [1.54, 1.807) is 0 Å². The first-order chi connectivity index (χ1) is 8.84. The zero-order valence-corrected chi connectivity index (χ0v) is 13.2. The van der Waals surface area contributed by atoms with Crippen LogP contribution < -0.4 is 5.32 Å². The first-order valence-electron chi connectivity index (χ1n) is 7.92. The van der Waals surface area contributed by atoms with E-state index in [0.717, 1.165) is 19.3 Å². The summed E-state index contributed by atoms with van der Waals surface area (Å²) in [4.78, 5) is 14.9. The van der Waals surface area contributed by atoms with Gasteiger partial charge in [0.2, 0.25) is 5.91 Å². The summed E-state index contributed by atoms with van der Waals surface area (Å²) in [5, 5.41) is 3.55. The van der Waals surface area contributed by atoms with Gasteiger partial charge in [-0.15, -0.1) is 0 Å². The highest BCUT2D eigenvalue weighted by atomic mass is 16.2. The van der Waals surface area contributed by atoms with Crippen LogP contribution >= 0.6 is 0 Å². The molecule has 19 heavy (non-hydrogen) atoms. The summed E-state index contributed by atoms with van der Waals surface area (Å²) in [6.45, 7) is 11.2. The quantitative estimate of drug-likeness (QED) is 0.848. The Balaban J connectivity index is 2.08. The normalized spacial score (nSPS) is 34.5. The summed E-state index contributed by atoms with van der Waals surface area (Å²) in [5.41, 5.74) is 0.402. The van der Waals surface area contributed by atoms with E-state index in [4.69, 9.17) is 0 Å². The molecular weight excluding hydrogens is 236 g/mol. The maximum Gasteiger partial charge on any atom is 0.241 e. The molecule has 1 aliphatic carbocycles. The van der Waals surface area contributed by atoms with Gasteiger partial charge in [-0.3, -0.25) is 10.1 Å². The van der Waals surface area contributed by atoms with Gasteiger partial charge in [0, 0.05) is 6.04 Å². The van der Waals surface area contributed by atoms with Gasteiger partial charge >= 0.3 is 0 Å². The lowest BCUT2D eigenvalue weighted by Crippen LogP contribution is -2.43. The van der Waals surface area contributed by atoms with Crippen LogP contribution in [0.1, 0.15) is 66.7 Å². The zero-order chi connectivity index (χ0) is 14.2. The molecule has 110 valence electrons. The number of rotatable bonds is 4. The van der Waals surface area contributed by atoms with E-state index in [0.29, 0.717) is 23.3 Å². The molecule has 0 bridgehead atoms. The molecule has 1 heterocycles. The van der Waals surface area contributed by atoms with Crippen molar-refractivity contribution in [1.82, 2.24) is 10.2 Å². The minimum atomic E-state index is 0.0497. The Labute approximate surface area is 118 Å². The first kappa shape index (κ1) is 14.8. The average molecular weight is 266 g/mol. The van der Waals surface area contributed by atoms with Crippen LogP contribution in [0.4, 0.5) is 0 Å². The van der Waals surface area contributed by atoms with Crippen LogP contribution in [0.15, 0.2) is 0 Å². The third kappa shape index (κ3) is 3.13. The minimum Gasteiger partial charge on any atom is -0.323 e. The maximum atomic E-state index is 12.7. The summed E-state index contributed by atoms with van der Waals surface area (Å²) in [6, 6.07) is 0.505. The van der Waals surface area contributed by atoms with E-state index >= 15 is 0 Å². The van der Waals surface area contributed by atoms with Crippen LogP contribution in [0, 0.1) is 11.3 Å². The number of carbonyl (C=O) groups excluding carboxylic acids is 1. The second-order valence-electron chi connectivity index (χ2n) is 7.58. The smallest absolute Gasteiger partial charge is 0.241 e. The Hall–Kier alpha value is -0.570. The van der Waals surface area contributed by atoms with Gasteiger partial charge in [-0.05, 0) is 43.4 Å². The van der Waals surface area contributed by atoms with Gasteiger partial charge in [0.25, 0.3) is 0 Å². The van der Waals surface area contributed by atoms with Crippen LogP contribution in [0.3, 0.4) is 0 Å². The van der Waals surface area contributed by atoms with Crippen molar-refractivity contribution in [3.8, 4) is 0 Å². The van der Waals surface area contributed by atoms with Crippen molar-refractivity contribution in [3.05, 3.63) is 0 Å². The molecule has 2 fully saturated rings. The summed E-state index contributed by atoms with van der Waals surface area (Å²) >= 11 is 0. The Bertz CT molecular complexity index is 338. The molecule has 2 rings (SSSR count). The molecule has 3 unspecified atom stereocenters. The van der Waals surface area contributed by atoms with Crippen molar-refractivity contribution in [3.63, 3.8) is 0 Å². The molecule has 3 heteroatoms. The Kier molecular flexibility index (Phi) is 4.24. The van der Waals surface area contributed by atoms with E-state index in [1.807, 2.05) is 0 Å². The lowest BCUT2D eigenvalue weighted by Gasteiger charge is -2.30. The van der Waals surface area contributed by atoms with Gasteiger partial charge < -0.3 is 4.90 Å². The second-order valence-corrected chi connectivity index (χ2v) is 7.58. The van der Waals surface area contributed by atoms with E-state index in [9.17, 15) is 4.79 Å². The van der Waals surface area contributed by atoms with Gasteiger partial charge in [-0.2, -0.15) is 0 Å². The molecule has 3 nitrogen and oxygen atoms in total. The van der Waals surface area contributed by atoms with Crippen molar-refractivity contribution in [2.75, 3.05) is 0 Å². The summed E-state index contributed by atoms with van der Waals surface area (Å²) in [6.07, 6.45) is 5.80. The monoisotopic (exact) mass is 266 g/mol. The molecule has 2 aliphatic rings. The predicted molar refractivity (Wildman–Crippen MR) is 78.7 cm³/mol. The summed E-state index contributed by atoms with van der Waals surface area (Å²) in [7, 11) is 0. The SMILES string of the molecule is CCC1NC(CC(C)C)C(=O)N1C1CCC(C)(C)C1. The van der Waals surface area contributed by atoms with Crippen molar-refractivity contribution >= 4 is 5.91 Å². The van der Waals surface area contributed by atoms with E-state index in [2.05, 4.69) is 44.8 Å². The molecule has 0 radical (unpaired) electrons. The van der Waals surface area contributed by atoms with Gasteiger partial charge in [-0.1, -0.05) is 34.6 Å². The highest BCUT2D eigenvalue weighted by Gasteiger charge is 2.45. The number of nitrogens with one attached hydrogen (secondary N) is 1. The highest BCUT2D eigenvalue weighted by Crippen LogP contribution is 2.41. The molecule has 1 saturated carbocycles. The van der Waals surface area contributed by atoms with Crippen molar-refractivity contribution in [2.45, 2.75) is 85.0 Å². The molecule has 0 spiro atoms. The molecule has 1 saturated heterocycles. The van der Waals surface area contributed by atoms with Gasteiger partial charge in [0.05, 0.1) is 12.2 Å². The third-order valence-corrected chi connectivity index (χ3v) is 4.71. The third-order valence-electron chi connectivity index (χ3n) is 4.71. The fourth-order valence-corrected chi connectivity index (χ4v) is 3.74. The summed E-state index contributed by atoms with van der Waals surface area (Å²) in [5.74, 6) is 0.919. The zero-order valence-electron chi connectivity index (χ0n) is 13.2. The molecule has 1 N–H and O–H groups in total. The van der Waals surface area contributed by atoms with Crippen molar-refractivity contribution in [1.29, 1.82) is 0 Å². The Morgan fingerprint density at radius 1 is 1.42 bits per heavy atom.